The molecule has 1 aromatic carbocycles. The van der Waals surface area contributed by atoms with Gasteiger partial charge in [0.1, 0.15) is 18.5 Å². The highest BCUT2D eigenvalue weighted by atomic mass is 35.5. The number of nitrogens with one attached hydrogen (secondary N) is 1. The molecule has 20 heavy (non-hydrogen) atoms. The van der Waals surface area contributed by atoms with Crippen molar-refractivity contribution < 1.29 is 9.53 Å². The molecule has 0 aliphatic rings. The Morgan fingerprint density at radius 1 is 1.60 bits per heavy atom. The number of halogens is 1. The maximum absolute atomic E-state index is 11.9. The van der Waals surface area contributed by atoms with E-state index < -0.39 is 0 Å². The van der Waals surface area contributed by atoms with Crippen LogP contribution >= 0.6 is 11.6 Å². The predicted molar refractivity (Wildman–Crippen MR) is 72.6 cm³/mol. The second-order valence-electron chi connectivity index (χ2n) is 3.86. The van der Waals surface area contributed by atoms with Gasteiger partial charge in [-0.25, -0.2) is 4.98 Å². The molecule has 0 fully saturated rings. The third-order valence-electron chi connectivity index (χ3n) is 2.60. The topological polar surface area (TPSA) is 79.9 Å². The van der Waals surface area contributed by atoms with Gasteiger partial charge in [-0.3, -0.25) is 9.36 Å². The Balaban J connectivity index is 2.35. The van der Waals surface area contributed by atoms with Gasteiger partial charge in [0.15, 0.2) is 0 Å². The van der Waals surface area contributed by atoms with Crippen LogP contribution in [0.1, 0.15) is 16.1 Å². The summed E-state index contributed by atoms with van der Waals surface area (Å²) in [5, 5.41) is 11.7. The highest BCUT2D eigenvalue weighted by Crippen LogP contribution is 2.20. The van der Waals surface area contributed by atoms with Crippen molar-refractivity contribution >= 4 is 17.5 Å². The number of aromatic nitrogens is 2. The molecular weight excluding hydrogens is 280 g/mol. The predicted octanol–water partition coefficient (Wildman–Crippen LogP) is 1.73. The van der Waals surface area contributed by atoms with Crippen LogP contribution in [0.25, 0.3) is 5.69 Å². The van der Waals surface area contributed by atoms with Crippen LogP contribution in [0, 0.1) is 11.3 Å². The van der Waals surface area contributed by atoms with Gasteiger partial charge in [-0.05, 0) is 18.2 Å². The number of carbonyl (C=O) groups is 1. The number of benzene rings is 1. The third kappa shape index (κ3) is 2.79. The Labute approximate surface area is 120 Å². The lowest BCUT2D eigenvalue weighted by molar-refractivity contribution is 0.0865. The first kappa shape index (κ1) is 14.1. The smallest absolute Gasteiger partial charge is 0.271 e. The lowest BCUT2D eigenvalue weighted by atomic mass is 10.2. The molecule has 7 heteroatoms. The lowest BCUT2D eigenvalue weighted by Crippen LogP contribution is -2.27. The van der Waals surface area contributed by atoms with Crippen LogP contribution in [-0.2, 0) is 4.74 Å². The van der Waals surface area contributed by atoms with Crippen LogP contribution in [0.15, 0.2) is 30.7 Å². The van der Waals surface area contributed by atoms with Crippen LogP contribution in [0.5, 0.6) is 0 Å². The van der Waals surface area contributed by atoms with Crippen LogP contribution in [-0.4, -0.2) is 29.3 Å². The molecule has 0 spiro atoms. The van der Waals surface area contributed by atoms with Crippen molar-refractivity contribution in [2.45, 2.75) is 0 Å². The fourth-order valence-electron chi connectivity index (χ4n) is 1.64. The molecule has 0 unspecified atom stereocenters. The summed E-state index contributed by atoms with van der Waals surface area (Å²) in [7, 11) is 1.48. The van der Waals surface area contributed by atoms with Crippen molar-refractivity contribution in [1.82, 2.24) is 14.9 Å². The Bertz CT molecular complexity index is 675. The molecule has 0 bridgehead atoms. The summed E-state index contributed by atoms with van der Waals surface area (Å²) in [6.07, 6.45) is 2.94. The summed E-state index contributed by atoms with van der Waals surface area (Å²) < 4.78 is 6.37. The van der Waals surface area contributed by atoms with Crippen LogP contribution in [0.3, 0.4) is 0 Å². The highest BCUT2D eigenvalue weighted by molar-refractivity contribution is 6.31. The van der Waals surface area contributed by atoms with Gasteiger partial charge in [0.25, 0.3) is 5.91 Å². The molecule has 0 atom stereocenters. The van der Waals surface area contributed by atoms with Gasteiger partial charge in [-0.2, -0.15) is 5.26 Å². The molecule has 0 saturated carbocycles. The van der Waals surface area contributed by atoms with Crippen molar-refractivity contribution in [3.8, 4) is 11.8 Å². The zero-order valence-electron chi connectivity index (χ0n) is 10.6. The Morgan fingerprint density at radius 3 is 3.05 bits per heavy atom. The van der Waals surface area contributed by atoms with Gasteiger partial charge >= 0.3 is 0 Å². The van der Waals surface area contributed by atoms with Gasteiger partial charge in [0, 0.05) is 12.8 Å². The van der Waals surface area contributed by atoms with Gasteiger partial charge < -0.3 is 10.1 Å². The molecular formula is C13H11ClN4O2. The summed E-state index contributed by atoms with van der Waals surface area (Å²) in [4.78, 5) is 15.9. The summed E-state index contributed by atoms with van der Waals surface area (Å²) in [6.45, 7) is 0.109. The maximum Gasteiger partial charge on any atom is 0.271 e. The first-order valence-corrected chi connectivity index (χ1v) is 6.04. The number of methoxy groups -OCH3 is 1. The number of hydrogen-bond donors (Lipinski definition) is 1. The zero-order chi connectivity index (χ0) is 14.5. The maximum atomic E-state index is 11.9. The summed E-state index contributed by atoms with van der Waals surface area (Å²) in [6, 6.07) is 6.87. The van der Waals surface area contributed by atoms with Crippen molar-refractivity contribution in [1.29, 1.82) is 5.26 Å². The van der Waals surface area contributed by atoms with Crippen LogP contribution in [0.2, 0.25) is 5.02 Å². The molecule has 2 rings (SSSR count). The number of ether oxygens (including phenoxy) is 1. The molecule has 1 heterocycles. The van der Waals surface area contributed by atoms with E-state index in [4.69, 9.17) is 21.6 Å². The number of imidazole rings is 1. The Morgan fingerprint density at radius 2 is 2.40 bits per heavy atom. The first-order valence-electron chi connectivity index (χ1n) is 5.67. The Hall–Kier alpha value is -2.36. The largest absolute Gasteiger partial charge is 0.364 e. The van der Waals surface area contributed by atoms with E-state index in [1.54, 1.807) is 22.8 Å². The summed E-state index contributed by atoms with van der Waals surface area (Å²) in [5.41, 5.74) is 1.37. The summed E-state index contributed by atoms with van der Waals surface area (Å²) >= 11 is 5.99. The van der Waals surface area contributed by atoms with E-state index >= 15 is 0 Å². The molecule has 0 aliphatic heterocycles. The molecule has 0 aliphatic carbocycles. The zero-order valence-corrected chi connectivity index (χ0v) is 11.4. The van der Waals surface area contributed by atoms with Gasteiger partial charge in [-0.1, -0.05) is 11.6 Å². The minimum Gasteiger partial charge on any atom is -0.364 e. The van der Waals surface area contributed by atoms with Crippen molar-refractivity contribution in [3.05, 3.63) is 47.0 Å². The van der Waals surface area contributed by atoms with Crippen molar-refractivity contribution in [2.75, 3.05) is 13.8 Å². The first-order chi connectivity index (χ1) is 9.67. The molecule has 0 radical (unpaired) electrons. The monoisotopic (exact) mass is 290 g/mol. The molecule has 1 N–H and O–H groups in total. The SMILES string of the molecule is COCNC(=O)c1cncn1-c1ccc(C#N)c(Cl)c1. The number of carbonyl (C=O) groups excluding carboxylic acids is 1. The minimum atomic E-state index is -0.315. The molecule has 0 saturated heterocycles. The number of hydrogen-bond acceptors (Lipinski definition) is 4. The van der Waals surface area contributed by atoms with E-state index in [2.05, 4.69) is 10.3 Å². The normalized spacial score (nSPS) is 10.1. The fraction of sp³-hybridized carbons (Fsp3) is 0.154. The quantitative estimate of drug-likeness (QED) is 0.870. The van der Waals surface area contributed by atoms with E-state index in [0.717, 1.165) is 0 Å². The van der Waals surface area contributed by atoms with E-state index in [9.17, 15) is 4.79 Å². The van der Waals surface area contributed by atoms with E-state index in [-0.39, 0.29) is 12.6 Å². The standard InChI is InChI=1S/C13H11ClN4O2/c1-20-8-17-13(19)12-6-16-7-18(12)10-3-2-9(5-15)11(14)4-10/h2-4,6-7H,8H2,1H3,(H,17,19). The fourth-order valence-corrected chi connectivity index (χ4v) is 1.86. The second kappa shape index (κ2) is 6.19. The average molecular weight is 291 g/mol. The molecule has 6 nitrogen and oxygen atoms in total. The van der Waals surface area contributed by atoms with Crippen LogP contribution < -0.4 is 5.32 Å². The second-order valence-corrected chi connectivity index (χ2v) is 4.27. The van der Waals surface area contributed by atoms with Crippen molar-refractivity contribution in [2.24, 2.45) is 0 Å². The molecule has 102 valence electrons. The number of nitrogens with zero attached hydrogens (tertiary/aromatic N) is 3. The van der Waals surface area contributed by atoms with Crippen LogP contribution in [0.4, 0.5) is 0 Å². The minimum absolute atomic E-state index is 0.109. The number of rotatable bonds is 4. The third-order valence-corrected chi connectivity index (χ3v) is 2.91. The number of nitriles is 1. The molecule has 1 amide bonds. The van der Waals surface area contributed by atoms with E-state index in [1.165, 1.54) is 19.6 Å². The van der Waals surface area contributed by atoms with E-state index in [1.807, 2.05) is 6.07 Å². The van der Waals surface area contributed by atoms with Crippen molar-refractivity contribution in [3.63, 3.8) is 0 Å². The number of amides is 1. The molecule has 2 aromatic rings. The van der Waals surface area contributed by atoms with Gasteiger partial charge in [0.2, 0.25) is 0 Å². The lowest BCUT2D eigenvalue weighted by Gasteiger charge is -2.09. The van der Waals surface area contributed by atoms with E-state index in [0.29, 0.717) is 22.0 Å². The van der Waals surface area contributed by atoms with Gasteiger partial charge in [-0.15, -0.1) is 0 Å². The summed E-state index contributed by atoms with van der Waals surface area (Å²) in [5.74, 6) is -0.315. The molecule has 1 aromatic heterocycles. The average Bonchev–Trinajstić information content (AvgIpc) is 2.94. The highest BCUT2D eigenvalue weighted by Gasteiger charge is 2.13. The van der Waals surface area contributed by atoms with Gasteiger partial charge in [0.05, 0.1) is 23.1 Å². The Kier molecular flexibility index (Phi) is 4.35.